The summed E-state index contributed by atoms with van der Waals surface area (Å²) in [5.74, 6) is 0.0550. The van der Waals surface area contributed by atoms with E-state index in [1.165, 1.54) is 18.2 Å². The molecule has 0 aliphatic rings. The van der Waals surface area contributed by atoms with Crippen molar-refractivity contribution < 1.29 is 13.5 Å². The minimum atomic E-state index is -3.62. The van der Waals surface area contributed by atoms with E-state index in [4.69, 9.17) is 28.3 Å². The normalized spacial score (nSPS) is 13.6. The molecule has 18 heavy (non-hydrogen) atoms. The van der Waals surface area contributed by atoms with Gasteiger partial charge in [-0.05, 0) is 30.5 Å². The number of sulfonamides is 1. The third-order valence-electron chi connectivity index (χ3n) is 2.39. The van der Waals surface area contributed by atoms with Crippen molar-refractivity contribution in [1.29, 1.82) is 0 Å². The number of aliphatic hydroxyl groups is 1. The van der Waals surface area contributed by atoms with Crippen LogP contribution >= 0.6 is 23.2 Å². The highest BCUT2D eigenvalue weighted by atomic mass is 35.5. The van der Waals surface area contributed by atoms with E-state index in [0.717, 1.165) is 0 Å². The van der Waals surface area contributed by atoms with Crippen LogP contribution in [0, 0.1) is 5.92 Å². The Morgan fingerprint density at radius 1 is 1.28 bits per heavy atom. The van der Waals surface area contributed by atoms with E-state index in [0.29, 0.717) is 6.42 Å². The highest BCUT2D eigenvalue weighted by Crippen LogP contribution is 2.22. The maximum atomic E-state index is 12.0. The van der Waals surface area contributed by atoms with Crippen LogP contribution in [0.15, 0.2) is 23.1 Å². The first-order valence-corrected chi connectivity index (χ1v) is 7.65. The lowest BCUT2D eigenvalue weighted by atomic mass is 10.1. The Labute approximate surface area is 117 Å². The predicted molar refractivity (Wildman–Crippen MR) is 72.5 cm³/mol. The van der Waals surface area contributed by atoms with Gasteiger partial charge in [-0.2, -0.15) is 0 Å². The van der Waals surface area contributed by atoms with Gasteiger partial charge in [-0.1, -0.05) is 30.1 Å². The number of halogens is 2. The van der Waals surface area contributed by atoms with Crippen molar-refractivity contribution in [2.75, 3.05) is 13.2 Å². The van der Waals surface area contributed by atoms with E-state index in [-0.39, 0.29) is 34.0 Å². The van der Waals surface area contributed by atoms with Crippen LogP contribution in [0.5, 0.6) is 0 Å². The van der Waals surface area contributed by atoms with Gasteiger partial charge >= 0.3 is 0 Å². The second-order valence-corrected chi connectivity index (χ2v) is 6.71. The quantitative estimate of drug-likeness (QED) is 0.847. The van der Waals surface area contributed by atoms with Gasteiger partial charge in [0, 0.05) is 23.2 Å². The molecule has 0 heterocycles. The van der Waals surface area contributed by atoms with E-state index in [9.17, 15) is 8.42 Å². The molecule has 1 unspecified atom stereocenters. The fraction of sp³-hybridized carbons (Fsp3) is 0.455. The van der Waals surface area contributed by atoms with Crippen LogP contribution in [0.25, 0.3) is 0 Å². The van der Waals surface area contributed by atoms with Gasteiger partial charge in [0.2, 0.25) is 10.0 Å². The summed E-state index contributed by atoms with van der Waals surface area (Å²) >= 11 is 11.5. The fourth-order valence-corrected chi connectivity index (χ4v) is 3.23. The number of benzene rings is 1. The summed E-state index contributed by atoms with van der Waals surface area (Å²) in [6.07, 6.45) is 0.540. The fourth-order valence-electron chi connectivity index (χ4n) is 1.34. The largest absolute Gasteiger partial charge is 0.396 e. The zero-order valence-electron chi connectivity index (χ0n) is 9.86. The molecule has 0 bridgehead atoms. The molecule has 1 aromatic rings. The van der Waals surface area contributed by atoms with Crippen LogP contribution in [0.4, 0.5) is 0 Å². The van der Waals surface area contributed by atoms with Crippen molar-refractivity contribution >= 4 is 33.2 Å². The molecule has 0 aliphatic carbocycles. The molecule has 102 valence electrons. The maximum Gasteiger partial charge on any atom is 0.240 e. The smallest absolute Gasteiger partial charge is 0.240 e. The average molecular weight is 312 g/mol. The highest BCUT2D eigenvalue weighted by molar-refractivity contribution is 7.89. The van der Waals surface area contributed by atoms with Crippen molar-refractivity contribution in [2.45, 2.75) is 18.2 Å². The van der Waals surface area contributed by atoms with Crippen LogP contribution in [-0.4, -0.2) is 26.7 Å². The summed E-state index contributed by atoms with van der Waals surface area (Å²) in [5, 5.41) is 9.28. The van der Waals surface area contributed by atoms with Crippen molar-refractivity contribution in [3.8, 4) is 0 Å². The Balaban J connectivity index is 2.80. The number of rotatable bonds is 6. The summed E-state index contributed by atoms with van der Waals surface area (Å²) < 4.78 is 26.4. The van der Waals surface area contributed by atoms with Gasteiger partial charge in [0.1, 0.15) is 0 Å². The Morgan fingerprint density at radius 2 is 1.83 bits per heavy atom. The van der Waals surface area contributed by atoms with E-state index < -0.39 is 10.0 Å². The molecule has 7 heteroatoms. The molecule has 0 saturated carbocycles. The van der Waals surface area contributed by atoms with Crippen LogP contribution in [0.1, 0.15) is 13.3 Å². The second-order valence-electron chi connectivity index (χ2n) is 4.07. The first-order chi connectivity index (χ1) is 8.35. The SMILES string of the molecule is CC(CCO)CNS(=O)(=O)c1cc(Cl)cc(Cl)c1. The first-order valence-electron chi connectivity index (χ1n) is 5.42. The highest BCUT2D eigenvalue weighted by Gasteiger charge is 2.16. The number of hydrogen-bond donors (Lipinski definition) is 2. The van der Waals surface area contributed by atoms with Crippen LogP contribution in [0.2, 0.25) is 10.0 Å². The molecule has 0 aromatic heterocycles. The zero-order chi connectivity index (χ0) is 13.8. The molecule has 2 N–H and O–H groups in total. The Bertz CT molecular complexity index is 485. The molecule has 0 radical (unpaired) electrons. The Hall–Kier alpha value is -0.330. The molecular weight excluding hydrogens is 297 g/mol. The van der Waals surface area contributed by atoms with Gasteiger partial charge in [-0.15, -0.1) is 0 Å². The van der Waals surface area contributed by atoms with Gasteiger partial charge in [-0.3, -0.25) is 0 Å². The molecule has 0 spiro atoms. The molecule has 4 nitrogen and oxygen atoms in total. The lowest BCUT2D eigenvalue weighted by Gasteiger charge is -2.12. The number of hydrogen-bond acceptors (Lipinski definition) is 3. The summed E-state index contributed by atoms with van der Waals surface area (Å²) in [4.78, 5) is 0.0381. The molecular formula is C11H15Cl2NO3S. The zero-order valence-corrected chi connectivity index (χ0v) is 12.2. The van der Waals surface area contributed by atoms with E-state index in [1.807, 2.05) is 6.92 Å². The van der Waals surface area contributed by atoms with Crippen molar-refractivity contribution in [3.05, 3.63) is 28.2 Å². The summed E-state index contributed by atoms with van der Waals surface area (Å²) in [6, 6.07) is 4.15. The third kappa shape index (κ3) is 4.74. The molecule has 0 aliphatic heterocycles. The van der Waals surface area contributed by atoms with Crippen molar-refractivity contribution in [2.24, 2.45) is 5.92 Å². The van der Waals surface area contributed by atoms with Gasteiger partial charge in [0.15, 0.2) is 0 Å². The summed E-state index contributed by atoms with van der Waals surface area (Å²) in [7, 11) is -3.62. The van der Waals surface area contributed by atoms with Gasteiger partial charge < -0.3 is 5.11 Å². The molecule has 1 aromatic carbocycles. The average Bonchev–Trinajstić information content (AvgIpc) is 2.26. The minimum absolute atomic E-state index is 0.0336. The van der Waals surface area contributed by atoms with E-state index >= 15 is 0 Å². The summed E-state index contributed by atoms with van der Waals surface area (Å²) in [5.41, 5.74) is 0. The van der Waals surface area contributed by atoms with Gasteiger partial charge in [0.25, 0.3) is 0 Å². The standard InChI is InChI=1S/C11H15Cl2NO3S/c1-8(2-3-15)7-14-18(16,17)11-5-9(12)4-10(13)6-11/h4-6,8,14-15H,2-3,7H2,1H3. The molecule has 0 amide bonds. The summed E-state index contributed by atoms with van der Waals surface area (Å²) in [6.45, 7) is 2.14. The second kappa shape index (κ2) is 6.73. The van der Waals surface area contributed by atoms with E-state index in [1.54, 1.807) is 0 Å². The lowest BCUT2D eigenvalue weighted by Crippen LogP contribution is -2.28. The molecule has 0 fully saturated rings. The van der Waals surface area contributed by atoms with Gasteiger partial charge in [0.05, 0.1) is 4.90 Å². The third-order valence-corrected chi connectivity index (χ3v) is 4.23. The van der Waals surface area contributed by atoms with Crippen molar-refractivity contribution in [1.82, 2.24) is 4.72 Å². The maximum absolute atomic E-state index is 12.0. The monoisotopic (exact) mass is 311 g/mol. The van der Waals surface area contributed by atoms with E-state index in [2.05, 4.69) is 4.72 Å². The number of aliphatic hydroxyl groups excluding tert-OH is 1. The first kappa shape index (κ1) is 15.7. The van der Waals surface area contributed by atoms with Crippen LogP contribution < -0.4 is 4.72 Å². The topological polar surface area (TPSA) is 66.4 Å². The lowest BCUT2D eigenvalue weighted by molar-refractivity contribution is 0.263. The predicted octanol–water partition coefficient (Wildman–Crippen LogP) is 2.29. The van der Waals surface area contributed by atoms with Gasteiger partial charge in [-0.25, -0.2) is 13.1 Å². The molecule has 1 atom stereocenters. The minimum Gasteiger partial charge on any atom is -0.396 e. The van der Waals surface area contributed by atoms with Crippen LogP contribution in [-0.2, 0) is 10.0 Å². The molecule has 0 saturated heterocycles. The van der Waals surface area contributed by atoms with Crippen molar-refractivity contribution in [3.63, 3.8) is 0 Å². The molecule has 1 rings (SSSR count). The Kier molecular flexibility index (Phi) is 5.88. The number of nitrogens with one attached hydrogen (secondary N) is 1. The Morgan fingerprint density at radius 3 is 2.33 bits per heavy atom. The van der Waals surface area contributed by atoms with Crippen LogP contribution in [0.3, 0.4) is 0 Å².